The molecule has 2 aliphatic rings. The maximum atomic E-state index is 11.2. The average molecular weight is 477 g/mol. The van der Waals surface area contributed by atoms with Crippen molar-refractivity contribution in [3.05, 3.63) is 71.8 Å². The van der Waals surface area contributed by atoms with Crippen LogP contribution in [-0.4, -0.2) is 22.3 Å². The highest BCUT2D eigenvalue weighted by Crippen LogP contribution is 2.69. The summed E-state index contributed by atoms with van der Waals surface area (Å²) in [6.07, 6.45) is 12.5. The summed E-state index contributed by atoms with van der Waals surface area (Å²) in [4.78, 5) is 10.7. The zero-order valence-electron chi connectivity index (χ0n) is 21.4. The first kappa shape index (κ1) is 25.9. The zero-order valence-corrected chi connectivity index (χ0v) is 21.4. The summed E-state index contributed by atoms with van der Waals surface area (Å²) < 4.78 is 0. The molecule has 35 heavy (non-hydrogen) atoms. The van der Waals surface area contributed by atoms with Crippen LogP contribution in [0.15, 0.2) is 60.7 Å². The van der Waals surface area contributed by atoms with Crippen molar-refractivity contribution in [2.75, 3.05) is 0 Å². The highest BCUT2D eigenvalue weighted by atomic mass is 16.4. The minimum atomic E-state index is -0.677. The Kier molecular flexibility index (Phi) is 9.05. The SMILES string of the molecule is C[C@@H](c1ccccc1)[C@@]12CC[C@@H](O)[C@@H]1C[C@@H](CCCCCCCCCC(=O)O)[C@@H]2c1ccccc1. The molecular formula is C32H44O3. The van der Waals surface area contributed by atoms with Gasteiger partial charge < -0.3 is 10.2 Å². The topological polar surface area (TPSA) is 57.5 Å². The largest absolute Gasteiger partial charge is 0.481 e. The Labute approximate surface area is 212 Å². The van der Waals surface area contributed by atoms with Crippen molar-refractivity contribution in [2.24, 2.45) is 17.3 Å². The van der Waals surface area contributed by atoms with E-state index < -0.39 is 5.97 Å². The second-order valence-electron chi connectivity index (χ2n) is 11.2. The minimum Gasteiger partial charge on any atom is -0.481 e. The van der Waals surface area contributed by atoms with E-state index in [0.717, 1.165) is 38.5 Å². The molecule has 3 nitrogen and oxygen atoms in total. The third-order valence-corrected chi connectivity index (χ3v) is 9.37. The van der Waals surface area contributed by atoms with E-state index in [1.54, 1.807) is 0 Å². The van der Waals surface area contributed by atoms with E-state index in [0.29, 0.717) is 30.1 Å². The molecule has 0 radical (unpaired) electrons. The monoisotopic (exact) mass is 476 g/mol. The first-order valence-corrected chi connectivity index (χ1v) is 14.0. The molecule has 2 aliphatic carbocycles. The van der Waals surface area contributed by atoms with Crippen molar-refractivity contribution >= 4 is 5.97 Å². The van der Waals surface area contributed by atoms with Crippen LogP contribution in [0.5, 0.6) is 0 Å². The summed E-state index contributed by atoms with van der Waals surface area (Å²) in [5, 5.41) is 19.9. The molecule has 0 aliphatic heterocycles. The fourth-order valence-electron chi connectivity index (χ4n) is 7.76. The molecule has 0 heterocycles. The van der Waals surface area contributed by atoms with Gasteiger partial charge in [0.25, 0.3) is 0 Å². The number of hydrogen-bond donors (Lipinski definition) is 2. The molecule has 0 spiro atoms. The Balaban J connectivity index is 1.44. The van der Waals surface area contributed by atoms with E-state index in [-0.39, 0.29) is 11.5 Å². The van der Waals surface area contributed by atoms with E-state index in [1.165, 1.54) is 43.2 Å². The van der Waals surface area contributed by atoms with Crippen molar-refractivity contribution in [3.8, 4) is 0 Å². The van der Waals surface area contributed by atoms with Crippen LogP contribution in [0, 0.1) is 17.3 Å². The summed E-state index contributed by atoms with van der Waals surface area (Å²) in [5.41, 5.74) is 3.00. The van der Waals surface area contributed by atoms with Crippen LogP contribution in [0.4, 0.5) is 0 Å². The van der Waals surface area contributed by atoms with Crippen LogP contribution in [0.25, 0.3) is 0 Å². The molecule has 0 amide bonds. The van der Waals surface area contributed by atoms with Gasteiger partial charge in [0.1, 0.15) is 0 Å². The number of fused-ring (bicyclic) bond motifs is 1. The van der Waals surface area contributed by atoms with E-state index in [1.807, 2.05) is 0 Å². The number of carboxylic acid groups (broad SMARTS) is 1. The fraction of sp³-hybridized carbons (Fsp3) is 0.594. The van der Waals surface area contributed by atoms with Gasteiger partial charge in [-0.1, -0.05) is 106 Å². The number of rotatable bonds is 13. The summed E-state index contributed by atoms with van der Waals surface area (Å²) >= 11 is 0. The van der Waals surface area contributed by atoms with Gasteiger partial charge in [0, 0.05) is 6.42 Å². The van der Waals surface area contributed by atoms with Crippen LogP contribution in [0.3, 0.4) is 0 Å². The third-order valence-electron chi connectivity index (χ3n) is 9.37. The van der Waals surface area contributed by atoms with Crippen molar-refractivity contribution in [1.29, 1.82) is 0 Å². The van der Waals surface area contributed by atoms with E-state index in [4.69, 9.17) is 5.11 Å². The number of benzene rings is 2. The van der Waals surface area contributed by atoms with Crippen LogP contribution in [0.1, 0.15) is 107 Å². The molecule has 0 aromatic heterocycles. The quantitative estimate of drug-likeness (QED) is 0.288. The number of carboxylic acids is 1. The maximum Gasteiger partial charge on any atom is 0.303 e. The van der Waals surface area contributed by atoms with Gasteiger partial charge in [-0.05, 0) is 72.3 Å². The predicted octanol–water partition coefficient (Wildman–Crippen LogP) is 7.95. The smallest absolute Gasteiger partial charge is 0.303 e. The van der Waals surface area contributed by atoms with E-state index in [9.17, 15) is 9.90 Å². The van der Waals surface area contributed by atoms with Crippen LogP contribution in [-0.2, 0) is 4.79 Å². The molecule has 190 valence electrons. The molecule has 4 rings (SSSR count). The first-order valence-electron chi connectivity index (χ1n) is 14.0. The van der Waals surface area contributed by atoms with Crippen molar-refractivity contribution in [1.82, 2.24) is 0 Å². The summed E-state index contributed by atoms with van der Waals surface area (Å²) in [7, 11) is 0. The molecule has 6 atom stereocenters. The lowest BCUT2D eigenvalue weighted by molar-refractivity contribution is -0.137. The molecule has 0 unspecified atom stereocenters. The Bertz CT molecular complexity index is 911. The lowest BCUT2D eigenvalue weighted by Gasteiger charge is -2.43. The third kappa shape index (κ3) is 5.82. The zero-order chi connectivity index (χ0) is 24.7. The second kappa shape index (κ2) is 12.2. The molecule has 2 aromatic rings. The number of unbranched alkanes of at least 4 members (excludes halogenated alkanes) is 6. The Morgan fingerprint density at radius 3 is 2.17 bits per heavy atom. The van der Waals surface area contributed by atoms with Gasteiger partial charge in [-0.3, -0.25) is 4.79 Å². The van der Waals surface area contributed by atoms with Gasteiger partial charge in [-0.2, -0.15) is 0 Å². The molecule has 2 N–H and O–H groups in total. The van der Waals surface area contributed by atoms with Gasteiger partial charge in [-0.25, -0.2) is 0 Å². The maximum absolute atomic E-state index is 11.2. The van der Waals surface area contributed by atoms with Crippen molar-refractivity contribution in [2.45, 2.75) is 102 Å². The Morgan fingerprint density at radius 1 is 0.914 bits per heavy atom. The van der Waals surface area contributed by atoms with Gasteiger partial charge in [0.05, 0.1) is 6.10 Å². The van der Waals surface area contributed by atoms with Gasteiger partial charge in [0.2, 0.25) is 0 Å². The second-order valence-corrected chi connectivity index (χ2v) is 11.2. The summed E-state index contributed by atoms with van der Waals surface area (Å²) in [6, 6.07) is 22.2. The minimum absolute atomic E-state index is 0.122. The van der Waals surface area contributed by atoms with Crippen LogP contribution < -0.4 is 0 Å². The lowest BCUT2D eigenvalue weighted by atomic mass is 9.60. The van der Waals surface area contributed by atoms with E-state index in [2.05, 4.69) is 67.6 Å². The number of hydrogen-bond acceptors (Lipinski definition) is 2. The highest BCUT2D eigenvalue weighted by molar-refractivity contribution is 5.66. The molecule has 0 bridgehead atoms. The standard InChI is InChI=1S/C32H44O3/c1-24(25-15-10-7-11-16-25)32-22-21-29(33)28(32)23-27(31(32)26-17-12-8-13-18-26)19-9-5-3-2-4-6-14-20-30(34)35/h7-8,10-13,15-18,24,27-29,31,33H,2-6,9,14,19-23H2,1H3,(H,34,35)/t24-,27+,28-,29+,31-,32-/m0/s1. The average Bonchev–Trinajstić information content (AvgIpc) is 3.38. The predicted molar refractivity (Wildman–Crippen MR) is 142 cm³/mol. The highest BCUT2D eigenvalue weighted by Gasteiger charge is 2.62. The molecule has 2 aromatic carbocycles. The summed E-state index contributed by atoms with van der Waals surface area (Å²) in [5.74, 6) is 1.24. The first-order chi connectivity index (χ1) is 17.0. The van der Waals surface area contributed by atoms with E-state index >= 15 is 0 Å². The normalized spacial score (nSPS) is 28.6. The molecule has 2 fully saturated rings. The van der Waals surface area contributed by atoms with Crippen LogP contribution >= 0.6 is 0 Å². The number of aliphatic carboxylic acids is 1. The van der Waals surface area contributed by atoms with Crippen molar-refractivity contribution in [3.63, 3.8) is 0 Å². The Hall–Kier alpha value is -2.13. The number of aliphatic hydroxyl groups excluding tert-OH is 1. The van der Waals surface area contributed by atoms with Gasteiger partial charge >= 0.3 is 5.97 Å². The Morgan fingerprint density at radius 2 is 1.51 bits per heavy atom. The number of carbonyl (C=O) groups is 1. The van der Waals surface area contributed by atoms with Gasteiger partial charge in [-0.15, -0.1) is 0 Å². The molecule has 3 heteroatoms. The van der Waals surface area contributed by atoms with Crippen LogP contribution in [0.2, 0.25) is 0 Å². The van der Waals surface area contributed by atoms with Crippen molar-refractivity contribution < 1.29 is 15.0 Å². The molecule has 2 saturated carbocycles. The fourth-order valence-corrected chi connectivity index (χ4v) is 7.76. The summed E-state index contributed by atoms with van der Waals surface area (Å²) in [6.45, 7) is 2.42. The molecule has 0 saturated heterocycles. The molecular weight excluding hydrogens is 432 g/mol. The number of aliphatic hydroxyl groups is 1. The lowest BCUT2D eigenvalue weighted by Crippen LogP contribution is -2.36. The van der Waals surface area contributed by atoms with Gasteiger partial charge in [0.15, 0.2) is 0 Å².